The van der Waals surface area contributed by atoms with Gasteiger partial charge in [0.1, 0.15) is 11.7 Å². The van der Waals surface area contributed by atoms with Crippen LogP contribution in [-0.2, 0) is 14.4 Å². The lowest BCUT2D eigenvalue weighted by molar-refractivity contribution is -0.149. The van der Waals surface area contributed by atoms with E-state index < -0.39 is 17.3 Å². The van der Waals surface area contributed by atoms with E-state index in [0.29, 0.717) is 11.7 Å². The third-order valence-electron chi connectivity index (χ3n) is 9.28. The normalized spacial score (nSPS) is 45.4. The van der Waals surface area contributed by atoms with Crippen molar-refractivity contribution >= 4 is 17.5 Å². The first-order valence-electron chi connectivity index (χ1n) is 9.61. The zero-order valence-electron chi connectivity index (χ0n) is 16.4. The Morgan fingerprint density at radius 2 is 1.48 bits per heavy atom. The molecule has 0 aromatic heterocycles. The molecular weight excluding hydrogens is 316 g/mol. The van der Waals surface area contributed by atoms with Gasteiger partial charge in [-0.15, -0.1) is 0 Å². The van der Waals surface area contributed by atoms with E-state index in [0.717, 1.165) is 25.7 Å². The van der Waals surface area contributed by atoms with Crippen LogP contribution in [0, 0.1) is 39.4 Å². The Hall–Kier alpha value is -1.19. The smallest absolute Gasteiger partial charge is 0.314 e. The van der Waals surface area contributed by atoms with E-state index in [1.807, 2.05) is 20.8 Å². The van der Waals surface area contributed by atoms with Crippen molar-refractivity contribution in [1.29, 1.82) is 0 Å². The number of rotatable bonds is 1. The van der Waals surface area contributed by atoms with Crippen LogP contribution in [0.25, 0.3) is 0 Å². The maximum Gasteiger partial charge on any atom is 0.314 e. The summed E-state index contributed by atoms with van der Waals surface area (Å²) in [6, 6.07) is 0. The first-order valence-corrected chi connectivity index (χ1v) is 9.61. The lowest BCUT2D eigenvalue weighted by Crippen LogP contribution is -2.35. The van der Waals surface area contributed by atoms with Gasteiger partial charge in [-0.3, -0.25) is 14.4 Å². The fourth-order valence-corrected chi connectivity index (χ4v) is 6.27. The van der Waals surface area contributed by atoms with Gasteiger partial charge in [0.05, 0.1) is 0 Å². The Labute approximate surface area is 150 Å². The van der Waals surface area contributed by atoms with Crippen molar-refractivity contribution in [2.75, 3.05) is 0 Å². The Morgan fingerprint density at radius 3 is 1.72 bits per heavy atom. The van der Waals surface area contributed by atoms with Gasteiger partial charge in [-0.1, -0.05) is 41.5 Å². The third-order valence-corrected chi connectivity index (χ3v) is 9.28. The highest BCUT2D eigenvalue weighted by Gasteiger charge is 2.68. The summed E-state index contributed by atoms with van der Waals surface area (Å²) in [6.07, 6.45) is 4.99. The van der Waals surface area contributed by atoms with E-state index in [1.165, 1.54) is 6.42 Å². The van der Waals surface area contributed by atoms with E-state index in [2.05, 4.69) is 20.8 Å². The summed E-state index contributed by atoms with van der Waals surface area (Å²) >= 11 is 0. The Bertz CT molecular complexity index is 646. The SMILES string of the molecule is CC12CCC(C(C(=O)O)C1=O)C2(C)C.CC12CCC(CC1=O)C2(C)C. The van der Waals surface area contributed by atoms with E-state index in [-0.39, 0.29) is 27.9 Å². The molecule has 0 aromatic rings. The number of carboxylic acids is 1. The minimum Gasteiger partial charge on any atom is -0.481 e. The molecule has 4 rings (SSSR count). The van der Waals surface area contributed by atoms with Crippen molar-refractivity contribution in [2.45, 2.75) is 73.6 Å². The topological polar surface area (TPSA) is 71.4 Å². The van der Waals surface area contributed by atoms with E-state index in [9.17, 15) is 14.4 Å². The largest absolute Gasteiger partial charge is 0.481 e. The van der Waals surface area contributed by atoms with Gasteiger partial charge < -0.3 is 5.11 Å². The minimum absolute atomic E-state index is 0.0255. The predicted molar refractivity (Wildman–Crippen MR) is 95.0 cm³/mol. The molecule has 4 saturated carbocycles. The first kappa shape index (κ1) is 18.6. The Kier molecular flexibility index (Phi) is 3.85. The molecule has 4 fully saturated rings. The van der Waals surface area contributed by atoms with Gasteiger partial charge in [-0.05, 0) is 48.3 Å². The molecule has 140 valence electrons. The number of fused-ring (bicyclic) bond motifs is 4. The molecule has 0 heterocycles. The van der Waals surface area contributed by atoms with Gasteiger partial charge in [0.15, 0.2) is 5.78 Å². The van der Waals surface area contributed by atoms with Gasteiger partial charge in [-0.25, -0.2) is 0 Å². The third kappa shape index (κ3) is 2.09. The van der Waals surface area contributed by atoms with Crippen LogP contribution in [0.1, 0.15) is 73.6 Å². The van der Waals surface area contributed by atoms with Gasteiger partial charge >= 0.3 is 5.97 Å². The molecule has 0 saturated heterocycles. The van der Waals surface area contributed by atoms with Gasteiger partial charge in [0, 0.05) is 17.3 Å². The molecule has 0 amide bonds. The monoisotopic (exact) mass is 348 g/mol. The number of Topliss-reactive ketones (excluding diaryl/α,β-unsaturated/α-hetero) is 2. The second-order valence-electron chi connectivity index (χ2n) is 10.3. The molecule has 4 aliphatic rings. The molecule has 0 aromatic carbocycles. The molecule has 1 N–H and O–H groups in total. The number of carboxylic acid groups (broad SMARTS) is 1. The minimum atomic E-state index is -0.934. The Balaban J connectivity index is 0.000000150. The van der Waals surface area contributed by atoms with Crippen molar-refractivity contribution in [3.8, 4) is 0 Å². The van der Waals surface area contributed by atoms with Crippen LogP contribution < -0.4 is 0 Å². The van der Waals surface area contributed by atoms with Crippen molar-refractivity contribution in [1.82, 2.24) is 0 Å². The Morgan fingerprint density at radius 1 is 0.920 bits per heavy atom. The lowest BCUT2D eigenvalue weighted by atomic mass is 9.70. The predicted octanol–water partition coefficient (Wildman–Crippen LogP) is 4.11. The summed E-state index contributed by atoms with van der Waals surface area (Å²) in [5.74, 6) is -0.497. The second-order valence-corrected chi connectivity index (χ2v) is 10.3. The average Bonchev–Trinajstić information content (AvgIpc) is 2.98. The maximum atomic E-state index is 12.0. The van der Waals surface area contributed by atoms with Crippen molar-refractivity contribution in [3.63, 3.8) is 0 Å². The summed E-state index contributed by atoms with van der Waals surface area (Å²) in [5, 5.41) is 9.03. The highest BCUT2D eigenvalue weighted by molar-refractivity contribution is 6.04. The van der Waals surface area contributed by atoms with Crippen LogP contribution in [0.3, 0.4) is 0 Å². The number of hydrogen-bond donors (Lipinski definition) is 1. The number of carbonyl (C=O) groups is 3. The quantitative estimate of drug-likeness (QED) is 0.724. The summed E-state index contributed by atoms with van der Waals surface area (Å²) < 4.78 is 0. The van der Waals surface area contributed by atoms with Crippen LogP contribution >= 0.6 is 0 Å². The molecular formula is C21H32O4. The molecule has 25 heavy (non-hydrogen) atoms. The van der Waals surface area contributed by atoms with Crippen molar-refractivity contribution in [3.05, 3.63) is 0 Å². The molecule has 5 unspecified atom stereocenters. The number of hydrogen-bond acceptors (Lipinski definition) is 3. The van der Waals surface area contributed by atoms with Crippen LogP contribution in [0.2, 0.25) is 0 Å². The van der Waals surface area contributed by atoms with Gasteiger partial charge in [0.2, 0.25) is 0 Å². The highest BCUT2D eigenvalue weighted by atomic mass is 16.4. The standard InChI is InChI=1S/C11H16O3.C10H16O/c1-10(2)6-4-5-11(10,3)8(12)7(6)9(13)14;1-9(2)7-4-5-10(9,3)8(11)6-7/h6-7H,4-5H2,1-3H3,(H,13,14);7H,4-6H2,1-3H3. The summed E-state index contributed by atoms with van der Waals surface area (Å²) in [4.78, 5) is 34.5. The molecule has 5 atom stereocenters. The highest BCUT2D eigenvalue weighted by Crippen LogP contribution is 2.65. The molecule has 0 aliphatic heterocycles. The fraction of sp³-hybridized carbons (Fsp3) is 0.857. The molecule has 0 radical (unpaired) electrons. The summed E-state index contributed by atoms with van der Waals surface area (Å²) in [7, 11) is 0. The lowest BCUT2D eigenvalue weighted by Gasteiger charge is -2.32. The van der Waals surface area contributed by atoms with E-state index in [1.54, 1.807) is 0 Å². The summed E-state index contributed by atoms with van der Waals surface area (Å²) in [5.41, 5.74) is -0.240. The van der Waals surface area contributed by atoms with Gasteiger partial charge in [0.25, 0.3) is 0 Å². The van der Waals surface area contributed by atoms with Crippen molar-refractivity contribution in [2.24, 2.45) is 39.4 Å². The van der Waals surface area contributed by atoms with Gasteiger partial charge in [-0.2, -0.15) is 0 Å². The molecule has 4 bridgehead atoms. The maximum absolute atomic E-state index is 12.0. The molecule has 4 nitrogen and oxygen atoms in total. The average molecular weight is 348 g/mol. The van der Waals surface area contributed by atoms with E-state index >= 15 is 0 Å². The van der Waals surface area contributed by atoms with Crippen LogP contribution in [-0.4, -0.2) is 22.6 Å². The van der Waals surface area contributed by atoms with E-state index in [4.69, 9.17) is 5.11 Å². The number of aliphatic carboxylic acids is 1. The zero-order chi connectivity index (χ0) is 19.0. The zero-order valence-corrected chi connectivity index (χ0v) is 16.4. The van der Waals surface area contributed by atoms with Crippen LogP contribution in [0.5, 0.6) is 0 Å². The van der Waals surface area contributed by atoms with Crippen molar-refractivity contribution < 1.29 is 19.5 Å². The first-order chi connectivity index (χ1) is 11.3. The van der Waals surface area contributed by atoms with Crippen LogP contribution in [0.4, 0.5) is 0 Å². The molecule has 0 spiro atoms. The van der Waals surface area contributed by atoms with Crippen LogP contribution in [0.15, 0.2) is 0 Å². The summed E-state index contributed by atoms with van der Waals surface area (Å²) in [6.45, 7) is 12.7. The second kappa shape index (κ2) is 5.17. The molecule has 4 aliphatic carbocycles. The molecule has 4 heteroatoms. The number of carbonyl (C=O) groups excluding carboxylic acids is 2. The number of ketones is 2. The fourth-order valence-electron chi connectivity index (χ4n) is 6.27.